The van der Waals surface area contributed by atoms with E-state index in [4.69, 9.17) is 5.73 Å². The fourth-order valence-corrected chi connectivity index (χ4v) is 3.77. The minimum absolute atomic E-state index is 0.0106. The summed E-state index contributed by atoms with van der Waals surface area (Å²) in [5, 5.41) is 9.93. The van der Waals surface area contributed by atoms with Gasteiger partial charge in [0.15, 0.2) is 0 Å². The van der Waals surface area contributed by atoms with E-state index in [9.17, 15) is 4.79 Å². The molecule has 1 atom stereocenters. The number of nitrogens with zero attached hydrogens (tertiary/aromatic N) is 2. The molecule has 0 bridgehead atoms. The molecule has 2 aromatic rings. The highest BCUT2D eigenvalue weighted by Gasteiger charge is 2.26. The van der Waals surface area contributed by atoms with Crippen molar-refractivity contribution in [3.05, 3.63) is 35.9 Å². The van der Waals surface area contributed by atoms with Crippen LogP contribution in [0.15, 0.2) is 35.5 Å². The molecule has 4 N–H and O–H groups in total. The van der Waals surface area contributed by atoms with Crippen LogP contribution in [0.4, 0.5) is 5.95 Å². The number of nitrogen functional groups attached to an aromatic ring is 1. The molecular formula is C16H21N5OS. The number of hydrogen-bond donors (Lipinski definition) is 3. The third kappa shape index (κ3) is 4.25. The molecule has 23 heavy (non-hydrogen) atoms. The van der Waals surface area contributed by atoms with E-state index >= 15 is 0 Å². The van der Waals surface area contributed by atoms with Crippen molar-refractivity contribution in [2.24, 2.45) is 0 Å². The lowest BCUT2D eigenvalue weighted by atomic mass is 9.95. The normalized spacial score (nSPS) is 16.9. The minimum atomic E-state index is -0.381. The average molecular weight is 331 g/mol. The van der Waals surface area contributed by atoms with Gasteiger partial charge in [0.25, 0.3) is 0 Å². The van der Waals surface area contributed by atoms with Crippen LogP contribution in [0.5, 0.6) is 0 Å². The molecule has 7 heteroatoms. The SMILES string of the molecule is Nc1nc(S[C@@H](C(=O)NC2CCCCC2)c2ccccc2)n[nH]1. The lowest BCUT2D eigenvalue weighted by Crippen LogP contribution is -2.38. The van der Waals surface area contributed by atoms with Gasteiger partial charge in [-0.2, -0.15) is 4.98 Å². The van der Waals surface area contributed by atoms with E-state index in [0.29, 0.717) is 5.16 Å². The summed E-state index contributed by atoms with van der Waals surface area (Å²) < 4.78 is 0. The molecule has 0 aliphatic heterocycles. The average Bonchev–Trinajstić information content (AvgIpc) is 2.99. The molecule has 1 heterocycles. The number of nitrogens with two attached hydrogens (primary N) is 1. The van der Waals surface area contributed by atoms with E-state index in [1.165, 1.54) is 31.0 Å². The Balaban J connectivity index is 1.75. The van der Waals surface area contributed by atoms with Gasteiger partial charge in [-0.15, -0.1) is 5.10 Å². The second kappa shape index (κ2) is 7.50. The second-order valence-electron chi connectivity index (χ2n) is 5.76. The molecular weight excluding hydrogens is 310 g/mol. The molecule has 6 nitrogen and oxygen atoms in total. The summed E-state index contributed by atoms with van der Waals surface area (Å²) in [5.74, 6) is 0.267. The summed E-state index contributed by atoms with van der Waals surface area (Å²) in [6.45, 7) is 0. The minimum Gasteiger partial charge on any atom is -0.368 e. The smallest absolute Gasteiger partial charge is 0.238 e. The third-order valence-corrected chi connectivity index (χ3v) is 5.11. The lowest BCUT2D eigenvalue weighted by Gasteiger charge is -2.25. The van der Waals surface area contributed by atoms with Crippen molar-refractivity contribution in [3.8, 4) is 0 Å². The first-order valence-electron chi connectivity index (χ1n) is 7.92. The molecule has 1 saturated carbocycles. The van der Waals surface area contributed by atoms with Crippen LogP contribution >= 0.6 is 11.8 Å². The Bertz CT molecular complexity index is 639. The number of amides is 1. The van der Waals surface area contributed by atoms with Crippen LogP contribution in [-0.2, 0) is 4.79 Å². The number of carbonyl (C=O) groups excluding carboxylic acids is 1. The molecule has 122 valence electrons. The number of thioether (sulfide) groups is 1. The van der Waals surface area contributed by atoms with Gasteiger partial charge < -0.3 is 11.1 Å². The number of nitrogens with one attached hydrogen (secondary N) is 2. The highest BCUT2D eigenvalue weighted by Crippen LogP contribution is 2.34. The number of carbonyl (C=O) groups is 1. The zero-order chi connectivity index (χ0) is 16.1. The molecule has 0 radical (unpaired) electrons. The van der Waals surface area contributed by atoms with E-state index in [1.54, 1.807) is 0 Å². The van der Waals surface area contributed by atoms with Gasteiger partial charge in [0.05, 0.1) is 0 Å². The molecule has 1 aliphatic carbocycles. The summed E-state index contributed by atoms with van der Waals surface area (Å²) in [6.07, 6.45) is 5.76. The van der Waals surface area contributed by atoms with E-state index in [-0.39, 0.29) is 23.1 Å². The first kappa shape index (κ1) is 15.9. The van der Waals surface area contributed by atoms with Crippen molar-refractivity contribution < 1.29 is 4.79 Å². The number of anilines is 1. The molecule has 0 unspecified atom stereocenters. The van der Waals surface area contributed by atoms with Gasteiger partial charge in [0, 0.05) is 6.04 Å². The number of aromatic nitrogens is 3. The van der Waals surface area contributed by atoms with Gasteiger partial charge in [-0.05, 0) is 18.4 Å². The maximum atomic E-state index is 12.8. The maximum Gasteiger partial charge on any atom is 0.238 e. The van der Waals surface area contributed by atoms with Crippen molar-refractivity contribution >= 4 is 23.6 Å². The first-order chi connectivity index (χ1) is 11.2. The van der Waals surface area contributed by atoms with Crippen LogP contribution in [0.3, 0.4) is 0 Å². The van der Waals surface area contributed by atoms with Crippen LogP contribution in [-0.4, -0.2) is 27.1 Å². The number of benzene rings is 1. The van der Waals surface area contributed by atoms with Crippen molar-refractivity contribution in [2.75, 3.05) is 5.73 Å². The van der Waals surface area contributed by atoms with Gasteiger partial charge >= 0.3 is 0 Å². The molecule has 1 aromatic carbocycles. The summed E-state index contributed by atoms with van der Waals surface area (Å²) in [5.41, 5.74) is 6.51. The Morgan fingerprint density at radius 1 is 1.26 bits per heavy atom. The lowest BCUT2D eigenvalue weighted by molar-refractivity contribution is -0.121. The Hall–Kier alpha value is -2.02. The van der Waals surface area contributed by atoms with Crippen molar-refractivity contribution in [1.82, 2.24) is 20.5 Å². The predicted octanol–water partition coefficient (Wildman–Crippen LogP) is 2.67. The van der Waals surface area contributed by atoms with Gasteiger partial charge in [-0.25, -0.2) is 5.10 Å². The molecule has 0 spiro atoms. The highest BCUT2D eigenvalue weighted by atomic mass is 32.2. The maximum absolute atomic E-state index is 12.8. The summed E-state index contributed by atoms with van der Waals surface area (Å²) in [4.78, 5) is 16.9. The summed E-state index contributed by atoms with van der Waals surface area (Å²) >= 11 is 1.31. The molecule has 1 aromatic heterocycles. The molecule has 1 aliphatic rings. The molecule has 0 saturated heterocycles. The van der Waals surface area contributed by atoms with Gasteiger partial charge in [-0.1, -0.05) is 61.4 Å². The zero-order valence-electron chi connectivity index (χ0n) is 12.9. The quantitative estimate of drug-likeness (QED) is 0.732. The highest BCUT2D eigenvalue weighted by molar-refractivity contribution is 8.00. The van der Waals surface area contributed by atoms with Crippen LogP contribution < -0.4 is 11.1 Å². The van der Waals surface area contributed by atoms with Gasteiger partial charge in [0.2, 0.25) is 17.0 Å². The number of aromatic amines is 1. The number of rotatable bonds is 5. The van der Waals surface area contributed by atoms with E-state index in [2.05, 4.69) is 20.5 Å². The zero-order valence-corrected chi connectivity index (χ0v) is 13.7. The van der Waals surface area contributed by atoms with Crippen molar-refractivity contribution in [1.29, 1.82) is 0 Å². The Morgan fingerprint density at radius 2 is 2.00 bits per heavy atom. The van der Waals surface area contributed by atoms with Crippen LogP contribution in [0.25, 0.3) is 0 Å². The van der Waals surface area contributed by atoms with Gasteiger partial charge in [0.1, 0.15) is 5.25 Å². The predicted molar refractivity (Wildman–Crippen MR) is 90.9 cm³/mol. The third-order valence-electron chi connectivity index (χ3n) is 4.00. The second-order valence-corrected chi connectivity index (χ2v) is 6.83. The fraction of sp³-hybridized carbons (Fsp3) is 0.438. The number of hydrogen-bond acceptors (Lipinski definition) is 5. The monoisotopic (exact) mass is 331 g/mol. The van der Waals surface area contributed by atoms with Gasteiger partial charge in [-0.3, -0.25) is 4.79 Å². The van der Waals surface area contributed by atoms with Crippen LogP contribution in [0.1, 0.15) is 42.9 Å². The standard InChI is InChI=1S/C16H21N5OS/c17-15-19-16(21-20-15)23-13(11-7-3-1-4-8-11)14(22)18-12-9-5-2-6-10-12/h1,3-4,7-8,12-13H,2,5-6,9-10H2,(H,18,22)(H3,17,19,20,21)/t13-/m1/s1. The first-order valence-corrected chi connectivity index (χ1v) is 8.80. The molecule has 3 rings (SSSR count). The van der Waals surface area contributed by atoms with E-state index in [0.717, 1.165) is 18.4 Å². The topological polar surface area (TPSA) is 96.7 Å². The van der Waals surface area contributed by atoms with Crippen molar-refractivity contribution in [2.45, 2.75) is 48.6 Å². The fourth-order valence-electron chi connectivity index (χ4n) is 2.84. The van der Waals surface area contributed by atoms with E-state index in [1.807, 2.05) is 30.3 Å². The Kier molecular flexibility index (Phi) is 5.17. The van der Waals surface area contributed by atoms with Crippen LogP contribution in [0, 0.1) is 0 Å². The summed E-state index contributed by atoms with van der Waals surface area (Å²) in [7, 11) is 0. The molecule has 1 amide bonds. The molecule has 1 fully saturated rings. The Labute approximate surface area is 139 Å². The Morgan fingerprint density at radius 3 is 2.65 bits per heavy atom. The van der Waals surface area contributed by atoms with Crippen LogP contribution in [0.2, 0.25) is 0 Å². The summed E-state index contributed by atoms with van der Waals surface area (Å²) in [6, 6.07) is 9.99. The number of H-pyrrole nitrogens is 1. The van der Waals surface area contributed by atoms with Crippen molar-refractivity contribution in [3.63, 3.8) is 0 Å². The van der Waals surface area contributed by atoms with E-state index < -0.39 is 0 Å². The largest absolute Gasteiger partial charge is 0.368 e.